The number of carbonyl (C=O) groups excluding carboxylic acids is 2. The van der Waals surface area contributed by atoms with Crippen molar-refractivity contribution >= 4 is 23.1 Å². The van der Waals surface area contributed by atoms with Crippen molar-refractivity contribution in [3.8, 4) is 11.5 Å². The van der Waals surface area contributed by atoms with Gasteiger partial charge in [0.15, 0.2) is 0 Å². The number of hydrogen-bond acceptors (Lipinski definition) is 6. The molecule has 33 heavy (non-hydrogen) atoms. The van der Waals surface area contributed by atoms with Crippen molar-refractivity contribution in [2.24, 2.45) is 0 Å². The summed E-state index contributed by atoms with van der Waals surface area (Å²) in [6.45, 7) is 10.1. The van der Waals surface area contributed by atoms with Gasteiger partial charge in [0.25, 0.3) is 11.8 Å². The molecular weight excluding hydrogens is 420 g/mol. The average molecular weight is 453 g/mol. The van der Waals surface area contributed by atoms with E-state index in [0.29, 0.717) is 28.3 Å². The van der Waals surface area contributed by atoms with Crippen LogP contribution >= 0.6 is 0 Å². The smallest absolute Gasteiger partial charge is 0.278 e. The monoisotopic (exact) mass is 452 g/mol. The molecule has 0 aliphatic carbocycles. The number of methoxy groups -OCH3 is 1. The molecule has 1 heterocycles. The van der Waals surface area contributed by atoms with Gasteiger partial charge in [0.05, 0.1) is 43.7 Å². The van der Waals surface area contributed by atoms with Crippen molar-refractivity contribution in [3.05, 3.63) is 59.3 Å². The van der Waals surface area contributed by atoms with Gasteiger partial charge in [-0.2, -0.15) is 0 Å². The fraction of sp³-hybridized carbons (Fsp3) is 0.385. The second kappa shape index (κ2) is 10.5. The molecule has 2 aromatic carbocycles. The lowest BCUT2D eigenvalue weighted by Crippen LogP contribution is -2.35. The normalized spacial score (nSPS) is 14.0. The summed E-state index contributed by atoms with van der Waals surface area (Å²) in [6, 6.07) is 12.8. The van der Waals surface area contributed by atoms with Gasteiger partial charge in [-0.1, -0.05) is 18.2 Å². The van der Waals surface area contributed by atoms with Crippen molar-refractivity contribution in [3.63, 3.8) is 0 Å². The molecule has 3 rings (SSSR count). The van der Waals surface area contributed by atoms with Crippen LogP contribution in [-0.4, -0.2) is 49.2 Å². The number of ether oxygens (including phenoxy) is 3. The summed E-state index contributed by atoms with van der Waals surface area (Å²) < 4.78 is 16.7. The predicted octanol–water partition coefficient (Wildman–Crippen LogP) is 4.41. The Bertz CT molecular complexity index is 1040. The van der Waals surface area contributed by atoms with Crippen molar-refractivity contribution in [1.29, 1.82) is 0 Å². The van der Waals surface area contributed by atoms with E-state index in [9.17, 15) is 9.59 Å². The molecule has 7 nitrogen and oxygen atoms in total. The zero-order valence-corrected chi connectivity index (χ0v) is 20.1. The molecule has 7 heteroatoms. The van der Waals surface area contributed by atoms with Crippen LogP contribution < -0.4 is 14.8 Å². The number of rotatable bonds is 10. The van der Waals surface area contributed by atoms with E-state index in [1.54, 1.807) is 31.4 Å². The van der Waals surface area contributed by atoms with Gasteiger partial charge in [-0.15, -0.1) is 0 Å². The summed E-state index contributed by atoms with van der Waals surface area (Å²) in [5.41, 5.74) is 2.77. The Hall–Kier alpha value is -3.32. The summed E-state index contributed by atoms with van der Waals surface area (Å²) in [7, 11) is 1.57. The third kappa shape index (κ3) is 5.73. The zero-order chi connectivity index (χ0) is 24.1. The van der Waals surface area contributed by atoms with Crippen molar-refractivity contribution < 1.29 is 23.8 Å². The minimum Gasteiger partial charge on any atom is -0.495 e. The van der Waals surface area contributed by atoms with Crippen molar-refractivity contribution in [2.45, 2.75) is 46.8 Å². The standard InChI is InChI=1S/C26H32N2O5/c1-16(2)32-14-13-28-25(29)23(19-8-10-20(11-9-19)33-17(3)4)24(26(28)30)27-21-15-18(5)7-12-22(21)31-6/h7-12,15-17,27H,13-14H2,1-6H3. The molecule has 0 unspecified atom stereocenters. The Morgan fingerprint density at radius 1 is 0.939 bits per heavy atom. The van der Waals surface area contributed by atoms with Crippen molar-refractivity contribution in [1.82, 2.24) is 4.90 Å². The van der Waals surface area contributed by atoms with Gasteiger partial charge in [0.1, 0.15) is 17.2 Å². The molecule has 0 aromatic heterocycles. The molecule has 0 saturated carbocycles. The molecule has 0 bridgehead atoms. The fourth-order valence-electron chi connectivity index (χ4n) is 3.57. The lowest BCUT2D eigenvalue weighted by Gasteiger charge is -2.17. The van der Waals surface area contributed by atoms with E-state index in [1.807, 2.05) is 52.8 Å². The maximum Gasteiger partial charge on any atom is 0.278 e. The fourth-order valence-corrected chi connectivity index (χ4v) is 3.57. The number of imide groups is 1. The van der Waals surface area contributed by atoms with E-state index in [4.69, 9.17) is 14.2 Å². The van der Waals surface area contributed by atoms with Crippen LogP contribution in [0.2, 0.25) is 0 Å². The van der Waals surface area contributed by atoms with Gasteiger partial charge in [-0.3, -0.25) is 14.5 Å². The second-order valence-electron chi connectivity index (χ2n) is 8.45. The van der Waals surface area contributed by atoms with Gasteiger partial charge < -0.3 is 19.5 Å². The first kappa shape index (κ1) is 24.3. The van der Waals surface area contributed by atoms with Crippen LogP contribution in [0, 0.1) is 6.92 Å². The summed E-state index contributed by atoms with van der Waals surface area (Å²) in [5.74, 6) is 0.519. The van der Waals surface area contributed by atoms with E-state index in [2.05, 4.69) is 5.32 Å². The zero-order valence-electron chi connectivity index (χ0n) is 20.1. The predicted molar refractivity (Wildman–Crippen MR) is 128 cm³/mol. The largest absolute Gasteiger partial charge is 0.495 e. The number of nitrogens with zero attached hydrogens (tertiary/aromatic N) is 1. The average Bonchev–Trinajstić information content (AvgIpc) is 2.98. The highest BCUT2D eigenvalue weighted by Gasteiger charge is 2.39. The molecule has 1 aliphatic rings. The highest BCUT2D eigenvalue weighted by atomic mass is 16.5. The minimum atomic E-state index is -0.395. The first-order chi connectivity index (χ1) is 15.7. The number of anilines is 1. The molecule has 2 amide bonds. The van der Waals surface area contributed by atoms with Crippen molar-refractivity contribution in [2.75, 3.05) is 25.6 Å². The van der Waals surface area contributed by atoms with Crippen LogP contribution in [0.25, 0.3) is 5.57 Å². The van der Waals surface area contributed by atoms with Gasteiger partial charge in [-0.25, -0.2) is 0 Å². The number of benzene rings is 2. The SMILES string of the molecule is COc1ccc(C)cc1NC1=C(c2ccc(OC(C)C)cc2)C(=O)N(CCOC(C)C)C1=O. The van der Waals surface area contributed by atoms with Gasteiger partial charge >= 0.3 is 0 Å². The Kier molecular flexibility index (Phi) is 7.76. The quantitative estimate of drug-likeness (QED) is 0.538. The maximum absolute atomic E-state index is 13.4. The van der Waals surface area contributed by atoms with Gasteiger partial charge in [-0.05, 0) is 70.0 Å². The topological polar surface area (TPSA) is 77.1 Å². The Labute approximate surface area is 195 Å². The second-order valence-corrected chi connectivity index (χ2v) is 8.45. The third-order valence-corrected chi connectivity index (χ3v) is 5.06. The molecule has 0 radical (unpaired) electrons. The third-order valence-electron chi connectivity index (χ3n) is 5.06. The first-order valence-corrected chi connectivity index (χ1v) is 11.1. The highest BCUT2D eigenvalue weighted by Crippen LogP contribution is 2.34. The van der Waals surface area contributed by atoms with Crippen LogP contribution in [0.5, 0.6) is 11.5 Å². The summed E-state index contributed by atoms with van der Waals surface area (Å²) in [5, 5.41) is 3.18. The Morgan fingerprint density at radius 2 is 1.64 bits per heavy atom. The van der Waals surface area contributed by atoms with E-state index in [1.165, 1.54) is 4.90 Å². The number of amides is 2. The molecule has 0 fully saturated rings. The van der Waals surface area contributed by atoms with Crippen LogP contribution in [0.3, 0.4) is 0 Å². The van der Waals surface area contributed by atoms with Crippen LogP contribution in [0.15, 0.2) is 48.2 Å². The molecule has 2 aromatic rings. The molecule has 1 aliphatic heterocycles. The number of carbonyl (C=O) groups is 2. The number of aryl methyl sites for hydroxylation is 1. The summed E-state index contributed by atoms with van der Waals surface area (Å²) >= 11 is 0. The highest BCUT2D eigenvalue weighted by molar-refractivity contribution is 6.36. The molecule has 0 atom stereocenters. The minimum absolute atomic E-state index is 0.00730. The van der Waals surface area contributed by atoms with E-state index < -0.39 is 5.91 Å². The first-order valence-electron chi connectivity index (χ1n) is 11.1. The Balaban J connectivity index is 2.00. The van der Waals surface area contributed by atoms with E-state index >= 15 is 0 Å². The maximum atomic E-state index is 13.4. The molecule has 1 N–H and O–H groups in total. The molecule has 0 saturated heterocycles. The van der Waals surface area contributed by atoms with E-state index in [0.717, 1.165) is 5.56 Å². The lowest BCUT2D eigenvalue weighted by atomic mass is 10.0. The summed E-state index contributed by atoms with van der Waals surface area (Å²) in [6.07, 6.45) is 0.0418. The summed E-state index contributed by atoms with van der Waals surface area (Å²) in [4.78, 5) is 27.9. The molecular formula is C26H32N2O5. The number of hydrogen-bond donors (Lipinski definition) is 1. The van der Waals surface area contributed by atoms with Gasteiger partial charge in [0, 0.05) is 0 Å². The van der Waals surface area contributed by atoms with Crippen LogP contribution in [-0.2, 0) is 14.3 Å². The van der Waals surface area contributed by atoms with Crippen LogP contribution in [0.4, 0.5) is 5.69 Å². The lowest BCUT2D eigenvalue weighted by molar-refractivity contribution is -0.137. The Morgan fingerprint density at radius 3 is 2.24 bits per heavy atom. The van der Waals surface area contributed by atoms with E-state index in [-0.39, 0.29) is 37.0 Å². The number of nitrogens with one attached hydrogen (secondary N) is 1. The molecule has 0 spiro atoms. The van der Waals surface area contributed by atoms with Crippen LogP contribution in [0.1, 0.15) is 38.8 Å². The molecule has 176 valence electrons. The van der Waals surface area contributed by atoms with Gasteiger partial charge in [0.2, 0.25) is 0 Å².